The van der Waals surface area contributed by atoms with Crippen LogP contribution in [-0.4, -0.2) is 73.3 Å². The van der Waals surface area contributed by atoms with Gasteiger partial charge in [-0.3, -0.25) is 4.79 Å². The van der Waals surface area contributed by atoms with Crippen molar-refractivity contribution < 1.29 is 14.3 Å². The van der Waals surface area contributed by atoms with Gasteiger partial charge in [-0.25, -0.2) is 4.98 Å². The summed E-state index contributed by atoms with van der Waals surface area (Å²) in [5.74, 6) is 1.52. The second-order valence-corrected chi connectivity index (χ2v) is 13.9. The van der Waals surface area contributed by atoms with Crippen LogP contribution in [0.5, 0.6) is 11.5 Å². The topological polar surface area (TPSA) is 79.0 Å². The Morgan fingerprint density at radius 2 is 1.93 bits per heavy atom. The van der Waals surface area contributed by atoms with Gasteiger partial charge in [0.05, 0.1) is 34.6 Å². The fraction of sp³-hybridized carbons (Fsp3) is 0.455. The maximum Gasteiger partial charge on any atom is 0.252 e. The number of benzene rings is 2. The summed E-state index contributed by atoms with van der Waals surface area (Å²) < 4.78 is 11.8. The summed E-state index contributed by atoms with van der Waals surface area (Å²) in [6.07, 6.45) is 5.65. The number of rotatable bonds is 9. The number of para-hydroxylation sites is 1. The Hall–Kier alpha value is -2.82. The van der Waals surface area contributed by atoms with Crippen LogP contribution in [0.25, 0.3) is 5.57 Å². The van der Waals surface area contributed by atoms with Gasteiger partial charge >= 0.3 is 0 Å². The second kappa shape index (κ2) is 12.5. The normalized spacial score (nSPS) is 23.2. The SMILES string of the molecule is COc1cccc(CN(C(=O)C2=C(c3cnc(N4CC[C@@H](Oc5c(Cl)cccc5Cl)C4)s3)C[C@@H]3CNC[C@H]2N3)C2CC2)c1C. The van der Waals surface area contributed by atoms with E-state index in [9.17, 15) is 4.79 Å². The number of piperazine rings is 1. The predicted molar refractivity (Wildman–Crippen MR) is 176 cm³/mol. The number of methoxy groups -OCH3 is 1. The fourth-order valence-corrected chi connectivity index (χ4v) is 8.16. The van der Waals surface area contributed by atoms with Gasteiger partial charge in [0, 0.05) is 56.5 Å². The lowest BCUT2D eigenvalue weighted by molar-refractivity contribution is -0.128. The van der Waals surface area contributed by atoms with Gasteiger partial charge in [-0.15, -0.1) is 0 Å². The number of nitrogens with zero attached hydrogens (tertiary/aromatic N) is 3. The Morgan fingerprint density at radius 3 is 2.70 bits per heavy atom. The van der Waals surface area contributed by atoms with Gasteiger partial charge in [-0.05, 0) is 61.1 Å². The Kier molecular flexibility index (Phi) is 8.50. The number of anilines is 1. The van der Waals surface area contributed by atoms with Crippen molar-refractivity contribution in [2.24, 2.45) is 0 Å². The molecule has 2 aromatic carbocycles. The number of halogens is 2. The number of aromatic nitrogens is 1. The predicted octanol–water partition coefficient (Wildman–Crippen LogP) is 5.70. The molecule has 0 radical (unpaired) electrons. The van der Waals surface area contributed by atoms with Gasteiger partial charge in [0.25, 0.3) is 5.91 Å². The minimum Gasteiger partial charge on any atom is -0.496 e. The van der Waals surface area contributed by atoms with E-state index in [1.807, 2.05) is 24.4 Å². The molecule has 11 heteroatoms. The lowest BCUT2D eigenvalue weighted by Gasteiger charge is -2.40. The van der Waals surface area contributed by atoms with Gasteiger partial charge in [-0.1, -0.05) is 52.7 Å². The molecule has 7 rings (SSSR count). The molecule has 2 saturated heterocycles. The number of fused-ring (bicyclic) bond motifs is 2. The standard InChI is InChI=1S/C33H37Cl2N5O3S/c1-19-20(5-3-8-28(19)42-2)17-40(22-9-10-22)32(41)30-24(13-21-14-36-15-27(30)38-21)29-16-37-33(44-29)39-12-11-23(18-39)43-31-25(34)6-4-7-26(31)35/h3-8,16,21-23,27,36,38H,9-15,17-18H2,1-2H3/t21-,23-,27-/m1/s1. The zero-order valence-electron chi connectivity index (χ0n) is 24.9. The monoisotopic (exact) mass is 653 g/mol. The summed E-state index contributed by atoms with van der Waals surface area (Å²) in [6.45, 7) is 5.80. The first-order chi connectivity index (χ1) is 21.4. The van der Waals surface area contributed by atoms with Crippen molar-refractivity contribution in [1.82, 2.24) is 20.5 Å². The molecule has 3 aliphatic heterocycles. The highest BCUT2D eigenvalue weighted by Crippen LogP contribution is 2.41. The Bertz CT molecular complexity index is 1570. The van der Waals surface area contributed by atoms with E-state index in [0.29, 0.717) is 28.9 Å². The van der Waals surface area contributed by atoms with Gasteiger partial charge in [0.1, 0.15) is 11.9 Å². The molecule has 0 spiro atoms. The van der Waals surface area contributed by atoms with Crippen molar-refractivity contribution >= 4 is 51.2 Å². The zero-order valence-corrected chi connectivity index (χ0v) is 27.3. The van der Waals surface area contributed by atoms with E-state index in [1.165, 1.54) is 0 Å². The van der Waals surface area contributed by atoms with Crippen LogP contribution >= 0.6 is 34.5 Å². The number of hydrogen-bond donors (Lipinski definition) is 2. The van der Waals surface area contributed by atoms with Crippen molar-refractivity contribution in [3.63, 3.8) is 0 Å². The van der Waals surface area contributed by atoms with Gasteiger partial charge in [0.2, 0.25) is 0 Å². The largest absolute Gasteiger partial charge is 0.496 e. The molecular formula is C33H37Cl2N5O3S. The number of carbonyl (C=O) groups excluding carboxylic acids is 1. The lowest BCUT2D eigenvalue weighted by Crippen LogP contribution is -2.59. The van der Waals surface area contributed by atoms with Gasteiger partial charge < -0.3 is 29.9 Å². The number of carbonyl (C=O) groups is 1. The molecule has 3 atom stereocenters. The maximum absolute atomic E-state index is 14.6. The molecule has 44 heavy (non-hydrogen) atoms. The molecule has 2 N–H and O–H groups in total. The van der Waals surface area contributed by atoms with Crippen molar-refractivity contribution in [3.8, 4) is 11.5 Å². The molecule has 232 valence electrons. The van der Waals surface area contributed by atoms with Gasteiger partial charge in [-0.2, -0.15) is 0 Å². The van der Waals surface area contributed by atoms with Crippen molar-refractivity contribution in [1.29, 1.82) is 0 Å². The summed E-state index contributed by atoms with van der Waals surface area (Å²) in [4.78, 5) is 24.9. The van der Waals surface area contributed by atoms with Crippen LogP contribution in [0.4, 0.5) is 5.13 Å². The van der Waals surface area contributed by atoms with Crippen molar-refractivity contribution in [2.45, 2.75) is 63.4 Å². The van der Waals surface area contributed by atoms with Crippen LogP contribution in [0, 0.1) is 6.92 Å². The number of amides is 1. The summed E-state index contributed by atoms with van der Waals surface area (Å²) >= 11 is 14.4. The minimum absolute atomic E-state index is 0.0341. The molecule has 1 aliphatic carbocycles. The van der Waals surface area contributed by atoms with Crippen LogP contribution < -0.4 is 25.0 Å². The summed E-state index contributed by atoms with van der Waals surface area (Å²) in [6, 6.07) is 12.0. The third kappa shape index (κ3) is 5.93. The Balaban J connectivity index is 1.15. The minimum atomic E-state index is -0.0346. The van der Waals surface area contributed by atoms with E-state index in [2.05, 4.69) is 33.4 Å². The lowest BCUT2D eigenvalue weighted by atomic mass is 9.86. The molecular weight excluding hydrogens is 617 g/mol. The number of thiazole rings is 1. The molecule has 8 nitrogen and oxygen atoms in total. The first-order valence-corrected chi connectivity index (χ1v) is 16.9. The van der Waals surface area contributed by atoms with Crippen LogP contribution in [-0.2, 0) is 11.3 Å². The first-order valence-electron chi connectivity index (χ1n) is 15.3. The molecule has 3 fully saturated rings. The first kappa shape index (κ1) is 29.9. The smallest absolute Gasteiger partial charge is 0.252 e. The van der Waals surface area contributed by atoms with Crippen LogP contribution in [0.1, 0.15) is 41.7 Å². The quantitative estimate of drug-likeness (QED) is 0.307. The maximum atomic E-state index is 14.6. The zero-order chi connectivity index (χ0) is 30.4. The highest BCUT2D eigenvalue weighted by molar-refractivity contribution is 7.16. The third-order valence-corrected chi connectivity index (χ3v) is 10.9. The molecule has 0 unspecified atom stereocenters. The summed E-state index contributed by atoms with van der Waals surface area (Å²) in [5.41, 5.74) is 4.23. The molecule has 1 aromatic heterocycles. The average molecular weight is 655 g/mol. The van der Waals surface area contributed by atoms with E-state index in [4.69, 9.17) is 37.7 Å². The van der Waals surface area contributed by atoms with Crippen LogP contribution in [0.2, 0.25) is 10.0 Å². The third-order valence-electron chi connectivity index (χ3n) is 9.15. The number of nitrogens with one attached hydrogen (secondary N) is 2. The fourth-order valence-electron chi connectivity index (χ4n) is 6.65. The van der Waals surface area contributed by atoms with Crippen LogP contribution in [0.3, 0.4) is 0 Å². The molecule has 3 aromatic rings. The molecule has 4 heterocycles. The van der Waals surface area contributed by atoms with Crippen molar-refractivity contribution in [2.75, 3.05) is 38.2 Å². The highest BCUT2D eigenvalue weighted by atomic mass is 35.5. The molecule has 2 bridgehead atoms. The molecule has 1 saturated carbocycles. The van der Waals surface area contributed by atoms with Crippen LogP contribution in [0.15, 0.2) is 48.2 Å². The number of ether oxygens (including phenoxy) is 2. The Morgan fingerprint density at radius 1 is 1.14 bits per heavy atom. The van der Waals surface area contributed by atoms with E-state index < -0.39 is 0 Å². The van der Waals surface area contributed by atoms with E-state index >= 15 is 0 Å². The summed E-state index contributed by atoms with van der Waals surface area (Å²) in [7, 11) is 1.69. The van der Waals surface area contributed by atoms with Gasteiger partial charge in [0.15, 0.2) is 10.9 Å². The van der Waals surface area contributed by atoms with E-state index in [1.54, 1.807) is 30.6 Å². The van der Waals surface area contributed by atoms with E-state index in [0.717, 1.165) is 83.3 Å². The van der Waals surface area contributed by atoms with Crippen molar-refractivity contribution in [3.05, 3.63) is 74.2 Å². The molecule has 1 amide bonds. The van der Waals surface area contributed by atoms with E-state index in [-0.39, 0.29) is 30.1 Å². The number of hydrogen-bond acceptors (Lipinski definition) is 8. The second-order valence-electron chi connectivity index (χ2n) is 12.1. The average Bonchev–Trinajstić information content (AvgIpc) is 3.54. The summed E-state index contributed by atoms with van der Waals surface area (Å²) in [5, 5.41) is 9.27. The highest BCUT2D eigenvalue weighted by Gasteiger charge is 2.41. The molecule has 4 aliphatic rings. The Labute approximate surface area is 272 Å².